The van der Waals surface area contributed by atoms with E-state index in [-0.39, 0.29) is 16.8 Å². The second-order valence-corrected chi connectivity index (χ2v) is 4.53. The minimum Gasteiger partial charge on any atom is -0.456 e. The number of carbonyl (C=O) groups is 1. The Kier molecular flexibility index (Phi) is 3.61. The second-order valence-electron chi connectivity index (χ2n) is 3.67. The highest BCUT2D eigenvalue weighted by Gasteiger charge is 2.16. The molecule has 0 amide bonds. The average molecular weight is 327 g/mol. The summed E-state index contributed by atoms with van der Waals surface area (Å²) in [7, 11) is 0. The monoisotopic (exact) mass is 326 g/mol. The number of hydrogen-bond acceptors (Lipinski definition) is 5. The van der Waals surface area contributed by atoms with Gasteiger partial charge in [0, 0.05) is 6.20 Å². The van der Waals surface area contributed by atoms with E-state index in [1.165, 1.54) is 16.8 Å². The first-order valence-corrected chi connectivity index (χ1v) is 5.88. The van der Waals surface area contributed by atoms with Crippen LogP contribution in [-0.4, -0.2) is 15.8 Å². The number of nitrogens with zero attached hydrogens (tertiary/aromatic N) is 2. The molecule has 0 atom stereocenters. The average Bonchev–Trinajstić information content (AvgIpc) is 2.81. The van der Waals surface area contributed by atoms with Crippen molar-refractivity contribution in [3.05, 3.63) is 60.9 Å². The Balaban J connectivity index is 2.38. The minimum atomic E-state index is -0.747. The van der Waals surface area contributed by atoms with Gasteiger partial charge >= 0.3 is 5.69 Å². The number of carbonyl (C=O) groups excluding carboxylic acids is 1. The molecule has 0 saturated heterocycles. The maximum atomic E-state index is 11.5. The number of aromatic nitrogens is 1. The first-order valence-electron chi connectivity index (χ1n) is 5.09. The second kappa shape index (κ2) is 5.19. The molecular weight excluding hydrogens is 320 g/mol. The molecule has 7 nitrogen and oxygen atoms in total. The number of halogens is 1. The van der Waals surface area contributed by atoms with Gasteiger partial charge in [0.25, 0.3) is 5.43 Å². The van der Waals surface area contributed by atoms with Crippen molar-refractivity contribution < 1.29 is 14.1 Å². The van der Waals surface area contributed by atoms with E-state index in [2.05, 4.69) is 15.9 Å². The Morgan fingerprint density at radius 2 is 2.16 bits per heavy atom. The van der Waals surface area contributed by atoms with E-state index < -0.39 is 16.0 Å². The van der Waals surface area contributed by atoms with E-state index in [1.807, 2.05) is 0 Å². The first-order chi connectivity index (χ1) is 9.01. The van der Waals surface area contributed by atoms with Crippen LogP contribution < -0.4 is 5.43 Å². The van der Waals surface area contributed by atoms with Crippen LogP contribution in [0.5, 0.6) is 0 Å². The predicted molar refractivity (Wildman–Crippen MR) is 68.3 cm³/mol. The van der Waals surface area contributed by atoms with Crippen LogP contribution in [0.1, 0.15) is 16.3 Å². The zero-order chi connectivity index (χ0) is 14.0. The third-order valence-electron chi connectivity index (χ3n) is 2.35. The summed E-state index contributed by atoms with van der Waals surface area (Å²) in [5.74, 6) is 0.622. The van der Waals surface area contributed by atoms with Gasteiger partial charge in [-0.05, 0) is 28.1 Å². The van der Waals surface area contributed by atoms with Gasteiger partial charge in [-0.1, -0.05) is 0 Å². The number of rotatable bonds is 4. The molecule has 2 heterocycles. The largest absolute Gasteiger partial charge is 0.456 e. The summed E-state index contributed by atoms with van der Waals surface area (Å²) in [4.78, 5) is 32.0. The van der Waals surface area contributed by atoms with Crippen molar-refractivity contribution in [3.8, 4) is 0 Å². The van der Waals surface area contributed by atoms with Crippen LogP contribution in [0.25, 0.3) is 0 Å². The fourth-order valence-corrected chi connectivity index (χ4v) is 1.99. The van der Waals surface area contributed by atoms with Gasteiger partial charge in [-0.25, -0.2) is 0 Å². The minimum absolute atomic E-state index is 0.0869. The normalized spacial score (nSPS) is 10.4. The maximum Gasteiger partial charge on any atom is 0.333 e. The van der Waals surface area contributed by atoms with Crippen LogP contribution >= 0.6 is 15.9 Å². The van der Waals surface area contributed by atoms with E-state index in [0.29, 0.717) is 12.0 Å². The fourth-order valence-electron chi connectivity index (χ4n) is 1.52. The zero-order valence-corrected chi connectivity index (χ0v) is 11.0. The highest BCUT2D eigenvalue weighted by molar-refractivity contribution is 9.10. The molecule has 0 aliphatic heterocycles. The van der Waals surface area contributed by atoms with Gasteiger partial charge < -0.3 is 8.98 Å². The van der Waals surface area contributed by atoms with E-state index in [1.54, 1.807) is 6.07 Å². The molecule has 2 aromatic rings. The van der Waals surface area contributed by atoms with Crippen molar-refractivity contribution in [2.75, 3.05) is 0 Å². The molecule has 0 spiro atoms. The molecule has 2 rings (SSSR count). The number of aldehydes is 1. The van der Waals surface area contributed by atoms with Gasteiger partial charge in [-0.2, -0.15) is 0 Å². The Labute approximate surface area is 114 Å². The molecule has 0 radical (unpaired) electrons. The van der Waals surface area contributed by atoms with E-state index >= 15 is 0 Å². The van der Waals surface area contributed by atoms with E-state index in [0.717, 1.165) is 6.20 Å². The Bertz CT molecular complexity index is 703. The molecule has 0 fully saturated rings. The topological polar surface area (TPSA) is 95.3 Å². The summed E-state index contributed by atoms with van der Waals surface area (Å²) in [6.07, 6.45) is 3.10. The number of nitro groups is 1. The Morgan fingerprint density at radius 1 is 1.42 bits per heavy atom. The molecule has 0 aliphatic rings. The zero-order valence-electron chi connectivity index (χ0n) is 9.41. The molecule has 0 aromatic carbocycles. The molecule has 2 aromatic heterocycles. The smallest absolute Gasteiger partial charge is 0.333 e. The van der Waals surface area contributed by atoms with Crippen molar-refractivity contribution in [2.24, 2.45) is 0 Å². The van der Waals surface area contributed by atoms with E-state index in [4.69, 9.17) is 4.42 Å². The molecule has 98 valence electrons. The van der Waals surface area contributed by atoms with Crippen molar-refractivity contribution >= 4 is 27.9 Å². The summed E-state index contributed by atoms with van der Waals surface area (Å²) in [6, 6.07) is 3.08. The summed E-state index contributed by atoms with van der Waals surface area (Å²) in [5.41, 5.74) is -1.22. The van der Waals surface area contributed by atoms with Gasteiger partial charge in [-0.15, -0.1) is 0 Å². The predicted octanol–water partition coefficient (Wildman–Crippen LogP) is 1.97. The number of pyridine rings is 1. The maximum absolute atomic E-state index is 11.5. The number of furan rings is 1. The van der Waals surface area contributed by atoms with Crippen molar-refractivity contribution in [1.82, 2.24) is 4.57 Å². The lowest BCUT2D eigenvalue weighted by molar-refractivity contribution is -0.386. The van der Waals surface area contributed by atoms with Gasteiger partial charge in [-0.3, -0.25) is 19.7 Å². The summed E-state index contributed by atoms with van der Waals surface area (Å²) in [6.45, 7) is 0.174. The Hall–Kier alpha value is -2.22. The van der Waals surface area contributed by atoms with Crippen LogP contribution in [0.2, 0.25) is 0 Å². The first kappa shape index (κ1) is 13.2. The highest BCUT2D eigenvalue weighted by Crippen LogP contribution is 2.14. The molecule has 8 heteroatoms. The van der Waals surface area contributed by atoms with Crippen molar-refractivity contribution in [3.63, 3.8) is 0 Å². The van der Waals surface area contributed by atoms with Crippen LogP contribution in [-0.2, 0) is 6.54 Å². The molecule has 0 saturated carbocycles. The highest BCUT2D eigenvalue weighted by atomic mass is 79.9. The number of hydrogen-bond donors (Lipinski definition) is 0. The van der Waals surface area contributed by atoms with Gasteiger partial charge in [0.05, 0.1) is 22.1 Å². The van der Waals surface area contributed by atoms with Crippen LogP contribution in [0.3, 0.4) is 0 Å². The molecule has 0 aliphatic carbocycles. The van der Waals surface area contributed by atoms with Crippen molar-refractivity contribution in [2.45, 2.75) is 6.54 Å². The van der Waals surface area contributed by atoms with Gasteiger partial charge in [0.2, 0.25) is 0 Å². The van der Waals surface area contributed by atoms with Gasteiger partial charge in [0.1, 0.15) is 5.76 Å². The molecular formula is C11H7BrN2O5. The SMILES string of the molecule is O=Cc1ccc(Cn2cc(Br)c(=O)c([N+](=O)[O-])c2)o1. The Morgan fingerprint density at radius 3 is 2.74 bits per heavy atom. The lowest BCUT2D eigenvalue weighted by Gasteiger charge is -2.04. The molecule has 0 bridgehead atoms. The lowest BCUT2D eigenvalue weighted by Crippen LogP contribution is -2.13. The molecule has 19 heavy (non-hydrogen) atoms. The fraction of sp³-hybridized carbons (Fsp3) is 0.0909. The standard InChI is InChI=1S/C11H7BrN2O5/c12-9-4-13(5-10(11(9)16)14(17)18)3-7-1-2-8(6-15)19-7/h1-2,4-6H,3H2. The van der Waals surface area contributed by atoms with Crippen LogP contribution in [0.4, 0.5) is 5.69 Å². The van der Waals surface area contributed by atoms with Gasteiger partial charge in [0.15, 0.2) is 12.0 Å². The van der Waals surface area contributed by atoms with E-state index in [9.17, 15) is 19.7 Å². The summed E-state index contributed by atoms with van der Waals surface area (Å²) >= 11 is 2.97. The van der Waals surface area contributed by atoms with Crippen molar-refractivity contribution in [1.29, 1.82) is 0 Å². The third kappa shape index (κ3) is 2.79. The molecule has 0 N–H and O–H groups in total. The lowest BCUT2D eigenvalue weighted by atomic mass is 10.3. The summed E-state index contributed by atoms with van der Waals surface area (Å²) < 4.78 is 6.67. The third-order valence-corrected chi connectivity index (χ3v) is 2.92. The van der Waals surface area contributed by atoms with Crippen LogP contribution in [0.15, 0.2) is 38.2 Å². The quantitative estimate of drug-likeness (QED) is 0.486. The molecule has 0 unspecified atom stereocenters. The van der Waals surface area contributed by atoms with Crippen LogP contribution in [0, 0.1) is 10.1 Å². The summed E-state index contributed by atoms with van der Waals surface area (Å²) in [5, 5.41) is 10.7.